The molecule has 1 aliphatic carbocycles. The predicted octanol–water partition coefficient (Wildman–Crippen LogP) is 3.52. The van der Waals surface area contributed by atoms with Crippen LogP contribution in [0.15, 0.2) is 18.2 Å². The second kappa shape index (κ2) is 8.22. The maximum Gasteiger partial charge on any atom is 0.237 e. The summed E-state index contributed by atoms with van der Waals surface area (Å²) in [4.78, 5) is 12.8. The van der Waals surface area contributed by atoms with Crippen LogP contribution in [0.3, 0.4) is 0 Å². The van der Waals surface area contributed by atoms with Crippen molar-refractivity contribution in [1.82, 2.24) is 10.6 Å². The Morgan fingerprint density at radius 2 is 2.00 bits per heavy atom. The highest BCUT2D eigenvalue weighted by Crippen LogP contribution is 2.29. The van der Waals surface area contributed by atoms with Crippen molar-refractivity contribution < 1.29 is 9.90 Å². The summed E-state index contributed by atoms with van der Waals surface area (Å²) in [6.07, 6.45) is 8.50. The second-order valence-electron chi connectivity index (χ2n) is 8.19. The number of nitrogens with one attached hydrogen (secondary N) is 2. The molecular formula is C21H32N2O2. The average Bonchev–Trinajstić information content (AvgIpc) is 2.61. The third-order valence-corrected chi connectivity index (χ3v) is 5.91. The molecule has 0 bridgehead atoms. The summed E-state index contributed by atoms with van der Waals surface area (Å²) in [5.41, 5.74) is 2.25. The minimum atomic E-state index is -0.176. The first-order valence-electron chi connectivity index (χ1n) is 9.87. The van der Waals surface area contributed by atoms with Crippen LogP contribution in [-0.4, -0.2) is 23.1 Å². The number of amides is 1. The van der Waals surface area contributed by atoms with Crippen LogP contribution in [0.5, 0.6) is 5.75 Å². The van der Waals surface area contributed by atoms with E-state index >= 15 is 0 Å². The standard InChI is InChI=1S/C21H32N2O2/c1-14(2)19(10-15-6-4-3-5-7-15)23-21(25)20-12-16-8-9-18(24)11-17(16)13-22-20/h8-9,11,14-15,19-20,22,24H,3-7,10,12-13H2,1-2H3,(H,23,25)/t19-,20-/m1/s1. The molecular weight excluding hydrogens is 312 g/mol. The second-order valence-corrected chi connectivity index (χ2v) is 8.19. The molecule has 2 atom stereocenters. The van der Waals surface area contributed by atoms with Crippen molar-refractivity contribution in [3.05, 3.63) is 29.3 Å². The Morgan fingerprint density at radius 3 is 2.72 bits per heavy atom. The molecule has 3 N–H and O–H groups in total. The molecule has 1 fully saturated rings. The number of hydrogen-bond donors (Lipinski definition) is 3. The van der Waals surface area contributed by atoms with Gasteiger partial charge >= 0.3 is 0 Å². The van der Waals surface area contributed by atoms with Crippen molar-refractivity contribution in [2.45, 2.75) is 77.4 Å². The van der Waals surface area contributed by atoms with Gasteiger partial charge < -0.3 is 15.7 Å². The van der Waals surface area contributed by atoms with Gasteiger partial charge in [0.25, 0.3) is 0 Å². The quantitative estimate of drug-likeness (QED) is 0.766. The molecule has 0 unspecified atom stereocenters. The van der Waals surface area contributed by atoms with Gasteiger partial charge in [0.1, 0.15) is 5.75 Å². The summed E-state index contributed by atoms with van der Waals surface area (Å²) in [5.74, 6) is 1.63. The molecule has 3 rings (SSSR count). The smallest absolute Gasteiger partial charge is 0.237 e. The van der Waals surface area contributed by atoms with Gasteiger partial charge in [-0.15, -0.1) is 0 Å². The number of phenolic OH excluding ortho intramolecular Hbond substituents is 1. The molecule has 1 aromatic rings. The number of fused-ring (bicyclic) bond motifs is 1. The van der Waals surface area contributed by atoms with Crippen molar-refractivity contribution in [1.29, 1.82) is 0 Å². The van der Waals surface area contributed by atoms with Crippen molar-refractivity contribution in [3.63, 3.8) is 0 Å². The summed E-state index contributed by atoms with van der Waals surface area (Å²) in [5, 5.41) is 16.2. The van der Waals surface area contributed by atoms with Crippen LogP contribution in [0.1, 0.15) is 63.5 Å². The van der Waals surface area contributed by atoms with Crippen LogP contribution >= 0.6 is 0 Å². The Balaban J connectivity index is 1.58. The number of benzene rings is 1. The SMILES string of the molecule is CC(C)[C@@H](CC1CCCCC1)NC(=O)[C@H]1Cc2ccc(O)cc2CN1. The summed E-state index contributed by atoms with van der Waals surface area (Å²) in [7, 11) is 0. The van der Waals surface area contributed by atoms with Gasteiger partial charge in [-0.25, -0.2) is 0 Å². The lowest BCUT2D eigenvalue weighted by Crippen LogP contribution is -2.52. The Labute approximate surface area is 151 Å². The normalized spacial score (nSPS) is 22.4. The molecule has 0 radical (unpaired) electrons. The van der Waals surface area contributed by atoms with Crippen LogP contribution in [-0.2, 0) is 17.8 Å². The Morgan fingerprint density at radius 1 is 1.24 bits per heavy atom. The molecule has 4 nitrogen and oxygen atoms in total. The number of carbonyl (C=O) groups excluding carboxylic acids is 1. The van der Waals surface area contributed by atoms with Gasteiger partial charge in [-0.3, -0.25) is 4.79 Å². The third-order valence-electron chi connectivity index (χ3n) is 5.91. The fraction of sp³-hybridized carbons (Fsp3) is 0.667. The summed E-state index contributed by atoms with van der Waals surface area (Å²) >= 11 is 0. The maximum atomic E-state index is 12.8. The molecule has 1 amide bonds. The molecule has 1 aromatic carbocycles. The first-order chi connectivity index (χ1) is 12.0. The van der Waals surface area contributed by atoms with Crippen LogP contribution in [0.2, 0.25) is 0 Å². The molecule has 2 aliphatic rings. The van der Waals surface area contributed by atoms with Gasteiger partial charge in [0.05, 0.1) is 6.04 Å². The molecule has 4 heteroatoms. The predicted molar refractivity (Wildman–Crippen MR) is 100 cm³/mol. The van der Waals surface area contributed by atoms with E-state index in [1.54, 1.807) is 12.1 Å². The number of hydrogen-bond acceptors (Lipinski definition) is 3. The largest absolute Gasteiger partial charge is 0.508 e. The van der Waals surface area contributed by atoms with Gasteiger partial charge in [0.2, 0.25) is 5.91 Å². The first-order valence-corrected chi connectivity index (χ1v) is 9.87. The highest BCUT2D eigenvalue weighted by atomic mass is 16.3. The van der Waals surface area contributed by atoms with E-state index in [1.807, 2.05) is 6.07 Å². The molecule has 0 spiro atoms. The summed E-state index contributed by atoms with van der Waals surface area (Å²) in [6, 6.07) is 5.52. The molecule has 0 saturated heterocycles. The first kappa shape index (κ1) is 18.2. The zero-order valence-electron chi connectivity index (χ0n) is 15.6. The fourth-order valence-corrected chi connectivity index (χ4v) is 4.25. The van der Waals surface area contributed by atoms with E-state index in [4.69, 9.17) is 0 Å². The third kappa shape index (κ3) is 4.75. The maximum absolute atomic E-state index is 12.8. The van der Waals surface area contributed by atoms with E-state index < -0.39 is 0 Å². The van der Waals surface area contributed by atoms with Crippen LogP contribution in [0.25, 0.3) is 0 Å². The van der Waals surface area contributed by atoms with Crippen LogP contribution in [0.4, 0.5) is 0 Å². The molecule has 1 saturated carbocycles. The highest BCUT2D eigenvalue weighted by molar-refractivity contribution is 5.82. The van der Waals surface area contributed by atoms with Gasteiger partial charge in [0.15, 0.2) is 0 Å². The lowest BCUT2D eigenvalue weighted by atomic mass is 9.82. The monoisotopic (exact) mass is 344 g/mol. The number of carbonyl (C=O) groups is 1. The van der Waals surface area contributed by atoms with Crippen molar-refractivity contribution in [2.75, 3.05) is 0 Å². The topological polar surface area (TPSA) is 61.4 Å². The minimum Gasteiger partial charge on any atom is -0.508 e. The van der Waals surface area contributed by atoms with E-state index in [1.165, 1.54) is 32.1 Å². The molecule has 0 aromatic heterocycles. The van der Waals surface area contributed by atoms with E-state index in [-0.39, 0.29) is 23.7 Å². The lowest BCUT2D eigenvalue weighted by Gasteiger charge is -2.32. The zero-order chi connectivity index (χ0) is 17.8. The molecule has 1 heterocycles. The summed E-state index contributed by atoms with van der Waals surface area (Å²) in [6.45, 7) is 5.05. The fourth-order valence-electron chi connectivity index (χ4n) is 4.25. The van der Waals surface area contributed by atoms with Gasteiger partial charge in [-0.2, -0.15) is 0 Å². The lowest BCUT2D eigenvalue weighted by molar-refractivity contribution is -0.124. The summed E-state index contributed by atoms with van der Waals surface area (Å²) < 4.78 is 0. The number of aromatic hydroxyl groups is 1. The Bertz CT molecular complexity index is 594. The molecule has 138 valence electrons. The van der Waals surface area contributed by atoms with Gasteiger partial charge in [0, 0.05) is 12.6 Å². The van der Waals surface area contributed by atoms with Crippen molar-refractivity contribution in [3.8, 4) is 5.75 Å². The minimum absolute atomic E-state index is 0.119. The van der Waals surface area contributed by atoms with E-state index in [2.05, 4.69) is 24.5 Å². The highest BCUT2D eigenvalue weighted by Gasteiger charge is 2.28. The van der Waals surface area contributed by atoms with Gasteiger partial charge in [-0.05, 0) is 47.9 Å². The van der Waals surface area contributed by atoms with Crippen molar-refractivity contribution in [2.24, 2.45) is 11.8 Å². The molecule has 1 aliphatic heterocycles. The van der Waals surface area contributed by atoms with Gasteiger partial charge in [-0.1, -0.05) is 52.0 Å². The number of rotatable bonds is 5. The Kier molecular flexibility index (Phi) is 6.00. The van der Waals surface area contributed by atoms with E-state index in [0.29, 0.717) is 18.9 Å². The molecule has 25 heavy (non-hydrogen) atoms. The van der Waals surface area contributed by atoms with Crippen LogP contribution in [0, 0.1) is 11.8 Å². The van der Waals surface area contributed by atoms with E-state index in [0.717, 1.165) is 23.5 Å². The van der Waals surface area contributed by atoms with Crippen molar-refractivity contribution >= 4 is 5.91 Å². The van der Waals surface area contributed by atoms with Crippen LogP contribution < -0.4 is 10.6 Å². The Hall–Kier alpha value is -1.55. The van der Waals surface area contributed by atoms with E-state index in [9.17, 15) is 9.90 Å². The average molecular weight is 344 g/mol. The number of phenols is 1. The zero-order valence-corrected chi connectivity index (χ0v) is 15.6.